The number of nitrogens with one attached hydrogen (secondary N) is 1. The Hall–Kier alpha value is -0.600. The molecular weight excluding hydrogens is 201 g/mol. The Labute approximate surface area is 88.3 Å². The van der Waals surface area contributed by atoms with Crippen molar-refractivity contribution in [1.29, 1.82) is 0 Å². The summed E-state index contributed by atoms with van der Waals surface area (Å²) in [5, 5.41) is 3.81. The molecule has 0 radical (unpaired) electrons. The lowest BCUT2D eigenvalue weighted by Gasteiger charge is -2.28. The molecule has 1 aromatic carbocycles. The molecule has 0 aliphatic carbocycles. The van der Waals surface area contributed by atoms with Gasteiger partial charge in [-0.2, -0.15) is 0 Å². The van der Waals surface area contributed by atoms with Crippen LogP contribution < -0.4 is 5.32 Å². The molecule has 0 spiro atoms. The van der Waals surface area contributed by atoms with Gasteiger partial charge < -0.3 is 5.32 Å². The molecule has 1 heterocycles. The van der Waals surface area contributed by atoms with E-state index in [0.29, 0.717) is 11.4 Å². The summed E-state index contributed by atoms with van der Waals surface area (Å²) < 4.78 is 13.6. The van der Waals surface area contributed by atoms with Crippen molar-refractivity contribution in [3.63, 3.8) is 0 Å². The van der Waals surface area contributed by atoms with Gasteiger partial charge in [-0.3, -0.25) is 0 Å². The number of halogens is 2. The first-order chi connectivity index (χ1) is 6.79. The summed E-state index contributed by atoms with van der Waals surface area (Å²) in [6.45, 7) is 0.871. The Morgan fingerprint density at radius 1 is 1.36 bits per heavy atom. The van der Waals surface area contributed by atoms with Crippen molar-refractivity contribution in [2.24, 2.45) is 0 Å². The summed E-state index contributed by atoms with van der Waals surface area (Å²) >= 11 is 6.02. The maximum absolute atomic E-state index is 13.6. The monoisotopic (exact) mass is 213 g/mol. The van der Waals surface area contributed by atoms with Crippen molar-refractivity contribution >= 4 is 11.6 Å². The van der Waals surface area contributed by atoms with Crippen LogP contribution >= 0.6 is 11.6 Å². The lowest BCUT2D eigenvalue weighted by atomic mass is 9.96. The van der Waals surface area contributed by atoms with Gasteiger partial charge in [-0.1, -0.05) is 29.8 Å². The van der Waals surface area contributed by atoms with Gasteiger partial charge in [-0.25, -0.2) is 4.39 Å². The number of piperidine rings is 1. The molecule has 3 heteroatoms. The Balaban J connectivity index is 2.25. The van der Waals surface area contributed by atoms with Crippen LogP contribution in [0.4, 0.5) is 4.39 Å². The van der Waals surface area contributed by atoms with Gasteiger partial charge in [0.15, 0.2) is 0 Å². The normalized spacial score (nSPS) is 27.6. The van der Waals surface area contributed by atoms with Gasteiger partial charge in [-0.05, 0) is 31.0 Å². The van der Waals surface area contributed by atoms with Crippen LogP contribution in [0.1, 0.15) is 24.4 Å². The highest BCUT2D eigenvalue weighted by molar-refractivity contribution is 6.31. The fourth-order valence-corrected chi connectivity index (χ4v) is 2.13. The van der Waals surface area contributed by atoms with E-state index in [2.05, 4.69) is 5.32 Å². The molecule has 1 fully saturated rings. The molecule has 0 aromatic heterocycles. The van der Waals surface area contributed by atoms with E-state index in [1.165, 1.54) is 0 Å². The van der Waals surface area contributed by atoms with Crippen molar-refractivity contribution in [2.45, 2.75) is 25.1 Å². The van der Waals surface area contributed by atoms with Crippen molar-refractivity contribution in [3.8, 4) is 0 Å². The van der Waals surface area contributed by atoms with Gasteiger partial charge in [0.1, 0.15) is 6.17 Å². The number of hydrogen-bond acceptors (Lipinski definition) is 1. The second-order valence-electron chi connectivity index (χ2n) is 3.61. The minimum Gasteiger partial charge on any atom is -0.307 e. The van der Waals surface area contributed by atoms with E-state index in [0.717, 1.165) is 18.5 Å². The third-order valence-corrected chi connectivity index (χ3v) is 2.97. The van der Waals surface area contributed by atoms with Gasteiger partial charge in [0.05, 0.1) is 6.04 Å². The lowest BCUT2D eigenvalue weighted by molar-refractivity contribution is 0.201. The Bertz CT molecular complexity index is 316. The zero-order valence-electron chi connectivity index (χ0n) is 7.84. The molecule has 1 aliphatic heterocycles. The standard InChI is InChI=1S/C11H13ClFN/c12-9-5-2-1-4-8(9)11-10(13)6-3-7-14-11/h1-2,4-5,10-11,14H,3,6-7H2. The van der Waals surface area contributed by atoms with Crippen molar-refractivity contribution in [1.82, 2.24) is 5.32 Å². The fraction of sp³-hybridized carbons (Fsp3) is 0.455. The molecule has 0 saturated carbocycles. The Kier molecular flexibility index (Phi) is 3.04. The van der Waals surface area contributed by atoms with Crippen LogP contribution in [-0.4, -0.2) is 12.7 Å². The molecular formula is C11H13ClFN. The molecule has 2 unspecified atom stereocenters. The molecule has 76 valence electrons. The summed E-state index contributed by atoms with van der Waals surface area (Å²) in [4.78, 5) is 0. The van der Waals surface area contributed by atoms with Gasteiger partial charge in [0, 0.05) is 5.02 Å². The molecule has 1 aliphatic rings. The topological polar surface area (TPSA) is 12.0 Å². The predicted octanol–water partition coefficient (Wildman–Crippen LogP) is 3.10. The third-order valence-electron chi connectivity index (χ3n) is 2.62. The number of hydrogen-bond donors (Lipinski definition) is 1. The lowest BCUT2D eigenvalue weighted by Crippen LogP contribution is -2.35. The molecule has 0 bridgehead atoms. The zero-order valence-corrected chi connectivity index (χ0v) is 8.60. The molecule has 2 rings (SSSR count). The highest BCUT2D eigenvalue weighted by Crippen LogP contribution is 2.30. The highest BCUT2D eigenvalue weighted by atomic mass is 35.5. The second-order valence-corrected chi connectivity index (χ2v) is 4.02. The Morgan fingerprint density at radius 3 is 2.86 bits per heavy atom. The average Bonchev–Trinajstić information content (AvgIpc) is 2.20. The second kappa shape index (κ2) is 4.28. The van der Waals surface area contributed by atoms with E-state index in [-0.39, 0.29) is 6.04 Å². The first-order valence-corrected chi connectivity index (χ1v) is 5.29. The van der Waals surface area contributed by atoms with E-state index in [9.17, 15) is 4.39 Å². The zero-order chi connectivity index (χ0) is 9.97. The number of alkyl halides is 1. The maximum Gasteiger partial charge on any atom is 0.120 e. The third kappa shape index (κ3) is 1.91. The molecule has 1 N–H and O–H groups in total. The SMILES string of the molecule is FC1CCCNC1c1ccccc1Cl. The van der Waals surface area contributed by atoms with Gasteiger partial charge in [-0.15, -0.1) is 0 Å². The average molecular weight is 214 g/mol. The summed E-state index contributed by atoms with van der Waals surface area (Å²) in [6, 6.07) is 7.22. The highest BCUT2D eigenvalue weighted by Gasteiger charge is 2.26. The van der Waals surface area contributed by atoms with E-state index >= 15 is 0 Å². The molecule has 0 amide bonds. The Morgan fingerprint density at radius 2 is 2.14 bits per heavy atom. The van der Waals surface area contributed by atoms with Crippen molar-refractivity contribution < 1.29 is 4.39 Å². The van der Waals surface area contributed by atoms with Crippen LogP contribution in [0, 0.1) is 0 Å². The van der Waals surface area contributed by atoms with Crippen molar-refractivity contribution in [3.05, 3.63) is 34.9 Å². The molecule has 14 heavy (non-hydrogen) atoms. The van der Waals surface area contributed by atoms with Gasteiger partial charge >= 0.3 is 0 Å². The molecule has 1 saturated heterocycles. The van der Waals surface area contributed by atoms with Crippen molar-refractivity contribution in [2.75, 3.05) is 6.54 Å². The van der Waals surface area contributed by atoms with Crippen LogP contribution in [0.25, 0.3) is 0 Å². The van der Waals surface area contributed by atoms with Gasteiger partial charge in [0.25, 0.3) is 0 Å². The van der Waals surface area contributed by atoms with Crippen LogP contribution in [0.3, 0.4) is 0 Å². The summed E-state index contributed by atoms with van der Waals surface area (Å²) in [5.74, 6) is 0. The first kappa shape index (κ1) is 9.94. The van der Waals surface area contributed by atoms with E-state index in [1.54, 1.807) is 6.07 Å². The van der Waals surface area contributed by atoms with Crippen LogP contribution in [0.5, 0.6) is 0 Å². The summed E-state index contributed by atoms with van der Waals surface area (Å²) in [7, 11) is 0. The largest absolute Gasteiger partial charge is 0.307 e. The quantitative estimate of drug-likeness (QED) is 0.756. The fourth-order valence-electron chi connectivity index (χ4n) is 1.88. The number of benzene rings is 1. The number of rotatable bonds is 1. The summed E-state index contributed by atoms with van der Waals surface area (Å²) in [6.07, 6.45) is 0.717. The van der Waals surface area contributed by atoms with Crippen LogP contribution in [0.15, 0.2) is 24.3 Å². The minimum absolute atomic E-state index is 0.225. The smallest absolute Gasteiger partial charge is 0.120 e. The first-order valence-electron chi connectivity index (χ1n) is 4.91. The van der Waals surface area contributed by atoms with Crippen LogP contribution in [-0.2, 0) is 0 Å². The van der Waals surface area contributed by atoms with E-state index < -0.39 is 6.17 Å². The van der Waals surface area contributed by atoms with Crippen LogP contribution in [0.2, 0.25) is 5.02 Å². The summed E-state index contributed by atoms with van der Waals surface area (Å²) in [5.41, 5.74) is 0.876. The maximum atomic E-state index is 13.6. The van der Waals surface area contributed by atoms with Gasteiger partial charge in [0.2, 0.25) is 0 Å². The van der Waals surface area contributed by atoms with E-state index in [4.69, 9.17) is 11.6 Å². The minimum atomic E-state index is -0.816. The van der Waals surface area contributed by atoms with E-state index in [1.807, 2.05) is 18.2 Å². The molecule has 1 nitrogen and oxygen atoms in total. The molecule has 2 atom stereocenters. The molecule has 1 aromatic rings. The predicted molar refractivity (Wildman–Crippen MR) is 56.3 cm³/mol.